The summed E-state index contributed by atoms with van der Waals surface area (Å²) in [6.07, 6.45) is 0. The van der Waals surface area contributed by atoms with Crippen LogP contribution in [0.3, 0.4) is 0 Å². The van der Waals surface area contributed by atoms with Crippen molar-refractivity contribution >= 4 is 22.5 Å². The Morgan fingerprint density at radius 2 is 1.86 bits per heavy atom. The average molecular weight is 408 g/mol. The van der Waals surface area contributed by atoms with Crippen LogP contribution < -0.4 is 15.7 Å². The fraction of sp³-hybridized carbons (Fsp3) is 0.0909. The van der Waals surface area contributed by atoms with Gasteiger partial charge in [-0.15, -0.1) is 0 Å². The lowest BCUT2D eigenvalue weighted by molar-refractivity contribution is 0.373. The number of rotatable bonds is 5. The fourth-order valence-electron chi connectivity index (χ4n) is 3.06. The van der Waals surface area contributed by atoms with Gasteiger partial charge in [0.25, 0.3) is 5.56 Å². The summed E-state index contributed by atoms with van der Waals surface area (Å²) >= 11 is 5.95. The van der Waals surface area contributed by atoms with E-state index < -0.39 is 0 Å². The molecule has 0 amide bonds. The molecule has 0 bridgehead atoms. The third kappa shape index (κ3) is 3.75. The Balaban J connectivity index is 1.84. The van der Waals surface area contributed by atoms with E-state index in [-0.39, 0.29) is 11.3 Å². The van der Waals surface area contributed by atoms with E-state index in [9.17, 15) is 9.90 Å². The van der Waals surface area contributed by atoms with Crippen LogP contribution in [0.15, 0.2) is 71.5 Å². The maximum atomic E-state index is 13.2. The van der Waals surface area contributed by atoms with Crippen LogP contribution in [-0.4, -0.2) is 21.9 Å². The Kier molecular flexibility index (Phi) is 5.10. The molecule has 29 heavy (non-hydrogen) atoms. The zero-order valence-corrected chi connectivity index (χ0v) is 16.3. The third-order valence-corrected chi connectivity index (χ3v) is 4.82. The predicted octanol–water partition coefficient (Wildman–Crippen LogP) is 4.17. The Hall–Kier alpha value is -3.51. The molecule has 0 aliphatic heterocycles. The lowest BCUT2D eigenvalue weighted by Crippen LogP contribution is -2.31. The molecule has 3 aromatic carbocycles. The van der Waals surface area contributed by atoms with Gasteiger partial charge >= 0.3 is 0 Å². The standard InChI is InChI=1S/C22H18ClN3O3/c1-29-20-12-15(8-11-19(20)27)21-25-18-5-3-2-4-17(18)22(28)26(21)24-13-14-6-9-16(23)10-7-14/h2-12,24,27H,13H2,1H3. The summed E-state index contributed by atoms with van der Waals surface area (Å²) in [4.78, 5) is 17.9. The number of hydrogen-bond donors (Lipinski definition) is 2. The molecule has 1 heterocycles. The number of benzene rings is 3. The van der Waals surface area contributed by atoms with Crippen LogP contribution in [0, 0.1) is 0 Å². The van der Waals surface area contributed by atoms with Gasteiger partial charge < -0.3 is 15.3 Å². The molecule has 0 aliphatic rings. The predicted molar refractivity (Wildman–Crippen MR) is 114 cm³/mol. The molecule has 1 aromatic heterocycles. The molecule has 146 valence electrons. The molecule has 0 fully saturated rings. The molecule has 0 unspecified atom stereocenters. The number of ether oxygens (including phenoxy) is 1. The summed E-state index contributed by atoms with van der Waals surface area (Å²) < 4.78 is 6.63. The summed E-state index contributed by atoms with van der Waals surface area (Å²) in [7, 11) is 1.47. The van der Waals surface area contributed by atoms with Crippen molar-refractivity contribution < 1.29 is 9.84 Å². The van der Waals surface area contributed by atoms with Crippen molar-refractivity contribution in [1.82, 2.24) is 9.66 Å². The van der Waals surface area contributed by atoms with E-state index in [4.69, 9.17) is 16.3 Å². The van der Waals surface area contributed by atoms with Gasteiger partial charge in [0.2, 0.25) is 0 Å². The molecule has 0 spiro atoms. The van der Waals surface area contributed by atoms with Gasteiger partial charge in [-0.25, -0.2) is 9.66 Å². The van der Waals surface area contributed by atoms with E-state index in [0.29, 0.717) is 39.6 Å². The normalized spacial score (nSPS) is 10.8. The number of methoxy groups -OCH3 is 1. The van der Waals surface area contributed by atoms with Gasteiger partial charge in [0.15, 0.2) is 17.3 Å². The average Bonchev–Trinajstić information content (AvgIpc) is 2.74. The molecule has 7 heteroatoms. The second kappa shape index (κ2) is 7.85. The summed E-state index contributed by atoms with van der Waals surface area (Å²) in [5.41, 5.74) is 5.12. The van der Waals surface area contributed by atoms with Gasteiger partial charge in [-0.1, -0.05) is 35.9 Å². The molecule has 6 nitrogen and oxygen atoms in total. The zero-order chi connectivity index (χ0) is 20.4. The third-order valence-electron chi connectivity index (χ3n) is 4.57. The van der Waals surface area contributed by atoms with Crippen molar-refractivity contribution in [3.8, 4) is 22.9 Å². The minimum Gasteiger partial charge on any atom is -0.504 e. The number of hydrogen-bond acceptors (Lipinski definition) is 5. The molecule has 0 radical (unpaired) electrons. The molecular weight excluding hydrogens is 390 g/mol. The number of halogens is 1. The minimum absolute atomic E-state index is 0.0139. The molecule has 0 saturated heterocycles. The van der Waals surface area contributed by atoms with Gasteiger partial charge in [0.1, 0.15) is 0 Å². The quantitative estimate of drug-likeness (QED) is 0.519. The lowest BCUT2D eigenvalue weighted by Gasteiger charge is -2.16. The van der Waals surface area contributed by atoms with Crippen LogP contribution in [0.1, 0.15) is 5.56 Å². The van der Waals surface area contributed by atoms with E-state index in [0.717, 1.165) is 5.56 Å². The highest BCUT2D eigenvalue weighted by atomic mass is 35.5. The molecule has 2 N–H and O–H groups in total. The smallest absolute Gasteiger partial charge is 0.280 e. The first-order valence-electron chi connectivity index (χ1n) is 8.94. The Labute approximate surface area is 171 Å². The SMILES string of the molecule is COc1cc(-c2nc3ccccc3c(=O)n2NCc2ccc(Cl)cc2)ccc1O. The fourth-order valence-corrected chi connectivity index (χ4v) is 3.19. The number of nitrogens with zero attached hydrogens (tertiary/aromatic N) is 2. The van der Waals surface area contributed by atoms with Crippen molar-refractivity contribution in [2.45, 2.75) is 6.54 Å². The van der Waals surface area contributed by atoms with E-state index >= 15 is 0 Å². The highest BCUT2D eigenvalue weighted by molar-refractivity contribution is 6.30. The highest BCUT2D eigenvalue weighted by Gasteiger charge is 2.14. The van der Waals surface area contributed by atoms with Crippen LogP contribution in [0.2, 0.25) is 5.02 Å². The molecular formula is C22H18ClN3O3. The van der Waals surface area contributed by atoms with Crippen LogP contribution in [-0.2, 0) is 6.54 Å². The van der Waals surface area contributed by atoms with Gasteiger partial charge in [-0.05, 0) is 48.0 Å². The highest BCUT2D eigenvalue weighted by Crippen LogP contribution is 2.30. The molecule has 4 rings (SSSR count). The summed E-state index contributed by atoms with van der Waals surface area (Å²) in [5.74, 6) is 0.732. The van der Waals surface area contributed by atoms with Gasteiger partial charge in [-0.3, -0.25) is 4.79 Å². The first kappa shape index (κ1) is 18.8. The van der Waals surface area contributed by atoms with Crippen molar-refractivity contribution in [2.24, 2.45) is 0 Å². The monoisotopic (exact) mass is 407 g/mol. The van der Waals surface area contributed by atoms with Crippen LogP contribution >= 0.6 is 11.6 Å². The second-order valence-corrected chi connectivity index (χ2v) is 6.88. The first-order chi connectivity index (χ1) is 14.1. The molecule has 0 saturated carbocycles. The largest absolute Gasteiger partial charge is 0.504 e. The van der Waals surface area contributed by atoms with Crippen molar-refractivity contribution in [3.05, 3.63) is 87.7 Å². The van der Waals surface area contributed by atoms with E-state index in [2.05, 4.69) is 10.4 Å². The van der Waals surface area contributed by atoms with Gasteiger partial charge in [0, 0.05) is 10.6 Å². The van der Waals surface area contributed by atoms with E-state index in [1.807, 2.05) is 18.2 Å². The van der Waals surface area contributed by atoms with Crippen molar-refractivity contribution in [1.29, 1.82) is 0 Å². The van der Waals surface area contributed by atoms with Gasteiger partial charge in [-0.2, -0.15) is 0 Å². The van der Waals surface area contributed by atoms with Crippen LogP contribution in [0.25, 0.3) is 22.3 Å². The molecule has 0 atom stereocenters. The maximum absolute atomic E-state index is 13.2. The van der Waals surface area contributed by atoms with Crippen molar-refractivity contribution in [2.75, 3.05) is 12.5 Å². The van der Waals surface area contributed by atoms with Crippen molar-refractivity contribution in [3.63, 3.8) is 0 Å². The van der Waals surface area contributed by atoms with Crippen LogP contribution in [0.5, 0.6) is 11.5 Å². The van der Waals surface area contributed by atoms with Gasteiger partial charge in [0.05, 0.1) is 24.6 Å². The maximum Gasteiger partial charge on any atom is 0.280 e. The summed E-state index contributed by atoms with van der Waals surface area (Å²) in [6.45, 7) is 0.402. The minimum atomic E-state index is -0.216. The summed E-state index contributed by atoms with van der Waals surface area (Å²) in [5, 5.41) is 11.1. The zero-order valence-electron chi connectivity index (χ0n) is 15.6. The number of phenolic OH excluding ortho intramolecular Hbond substituents is 1. The number of aromatic nitrogens is 2. The van der Waals surface area contributed by atoms with E-state index in [1.165, 1.54) is 17.9 Å². The molecule has 0 aliphatic carbocycles. The number of nitrogens with one attached hydrogen (secondary N) is 1. The van der Waals surface area contributed by atoms with Crippen LogP contribution in [0.4, 0.5) is 0 Å². The number of fused-ring (bicyclic) bond motifs is 1. The molecule has 4 aromatic rings. The Morgan fingerprint density at radius 3 is 2.62 bits per heavy atom. The Morgan fingerprint density at radius 1 is 1.10 bits per heavy atom. The number of phenols is 1. The Bertz CT molecular complexity index is 1240. The number of para-hydroxylation sites is 1. The van der Waals surface area contributed by atoms with E-state index in [1.54, 1.807) is 42.5 Å². The first-order valence-corrected chi connectivity index (χ1v) is 9.32. The lowest BCUT2D eigenvalue weighted by atomic mass is 10.1. The number of aromatic hydroxyl groups is 1. The second-order valence-electron chi connectivity index (χ2n) is 6.44. The summed E-state index contributed by atoms with van der Waals surface area (Å²) in [6, 6.07) is 19.4. The topological polar surface area (TPSA) is 76.4 Å².